The molecule has 2 aliphatic rings. The van der Waals surface area contributed by atoms with Crippen LogP contribution in [-0.2, 0) is 11.2 Å². The van der Waals surface area contributed by atoms with Crippen LogP contribution in [0.4, 0.5) is 0 Å². The summed E-state index contributed by atoms with van der Waals surface area (Å²) >= 11 is 0. The Hall–Kier alpha value is -1.31. The van der Waals surface area contributed by atoms with Crippen molar-refractivity contribution in [2.45, 2.75) is 51.0 Å². The van der Waals surface area contributed by atoms with Gasteiger partial charge >= 0.3 is 0 Å². The molecule has 1 saturated carbocycles. The van der Waals surface area contributed by atoms with Gasteiger partial charge in [-0.2, -0.15) is 0 Å². The predicted molar refractivity (Wildman–Crippen MR) is 70.8 cm³/mol. The molecule has 0 bridgehead atoms. The van der Waals surface area contributed by atoms with E-state index in [9.17, 15) is 4.79 Å². The third kappa shape index (κ3) is 2.43. The topological polar surface area (TPSA) is 26.3 Å². The van der Waals surface area contributed by atoms with E-state index in [4.69, 9.17) is 4.74 Å². The fourth-order valence-electron chi connectivity index (χ4n) is 3.18. The molecule has 2 heteroatoms. The first kappa shape index (κ1) is 11.8. The molecule has 96 valence electrons. The van der Waals surface area contributed by atoms with Crippen LogP contribution in [0.2, 0.25) is 0 Å². The Kier molecular flexibility index (Phi) is 3.35. The molecular formula is C16H20O2. The standard InChI is InChI=1S/C16H20O2/c17-15-8-3-1-2-6-12(15)10-14-11-13-7-4-5-9-16(13)18-14/h4-5,7,9,12,14H,1-3,6,8,10-11H2. The van der Waals surface area contributed by atoms with Crippen molar-refractivity contribution in [3.8, 4) is 5.75 Å². The summed E-state index contributed by atoms with van der Waals surface area (Å²) in [5.74, 6) is 1.72. The Morgan fingerprint density at radius 1 is 1.17 bits per heavy atom. The van der Waals surface area contributed by atoms with Gasteiger partial charge in [-0.05, 0) is 30.9 Å². The van der Waals surface area contributed by atoms with Crippen LogP contribution in [-0.4, -0.2) is 11.9 Å². The van der Waals surface area contributed by atoms with Crippen molar-refractivity contribution >= 4 is 5.78 Å². The highest BCUT2D eigenvalue weighted by Crippen LogP contribution is 2.33. The fraction of sp³-hybridized carbons (Fsp3) is 0.562. The maximum absolute atomic E-state index is 12.0. The molecule has 2 unspecified atom stereocenters. The van der Waals surface area contributed by atoms with Gasteiger partial charge in [0.25, 0.3) is 0 Å². The third-order valence-electron chi connectivity index (χ3n) is 4.19. The van der Waals surface area contributed by atoms with Crippen LogP contribution in [0.1, 0.15) is 44.1 Å². The molecule has 1 aliphatic carbocycles. The van der Waals surface area contributed by atoms with Crippen molar-refractivity contribution in [2.24, 2.45) is 5.92 Å². The number of rotatable bonds is 2. The van der Waals surface area contributed by atoms with Gasteiger partial charge in [0.15, 0.2) is 0 Å². The van der Waals surface area contributed by atoms with Gasteiger partial charge in [-0.1, -0.05) is 31.0 Å². The Morgan fingerprint density at radius 2 is 2.06 bits per heavy atom. The summed E-state index contributed by atoms with van der Waals surface area (Å²) in [6.45, 7) is 0. The second kappa shape index (κ2) is 5.13. The molecule has 2 atom stereocenters. The van der Waals surface area contributed by atoms with Gasteiger partial charge in [-0.3, -0.25) is 4.79 Å². The third-order valence-corrected chi connectivity index (χ3v) is 4.19. The number of ether oxygens (including phenoxy) is 1. The molecule has 0 saturated heterocycles. The number of fused-ring (bicyclic) bond motifs is 1. The van der Waals surface area contributed by atoms with E-state index in [1.807, 2.05) is 12.1 Å². The smallest absolute Gasteiger partial charge is 0.136 e. The van der Waals surface area contributed by atoms with Crippen LogP contribution in [0, 0.1) is 5.92 Å². The largest absolute Gasteiger partial charge is 0.490 e. The highest BCUT2D eigenvalue weighted by Gasteiger charge is 2.29. The molecule has 1 aromatic rings. The number of para-hydroxylation sites is 1. The molecule has 0 amide bonds. The molecule has 0 radical (unpaired) electrons. The Balaban J connectivity index is 1.63. The van der Waals surface area contributed by atoms with Crippen LogP contribution in [0.25, 0.3) is 0 Å². The Labute approximate surface area is 108 Å². The monoisotopic (exact) mass is 244 g/mol. The Bertz CT molecular complexity index is 413. The summed E-state index contributed by atoms with van der Waals surface area (Å²) in [5, 5.41) is 0. The maximum Gasteiger partial charge on any atom is 0.136 e. The molecule has 1 aliphatic heterocycles. The molecule has 18 heavy (non-hydrogen) atoms. The van der Waals surface area contributed by atoms with Gasteiger partial charge < -0.3 is 4.74 Å². The van der Waals surface area contributed by atoms with E-state index in [0.717, 1.165) is 37.9 Å². The molecule has 2 nitrogen and oxygen atoms in total. The first-order chi connectivity index (χ1) is 8.83. The second-order valence-corrected chi connectivity index (χ2v) is 5.55. The first-order valence-corrected chi connectivity index (χ1v) is 7.10. The lowest BCUT2D eigenvalue weighted by molar-refractivity contribution is -0.123. The average molecular weight is 244 g/mol. The van der Waals surface area contributed by atoms with E-state index in [2.05, 4.69) is 12.1 Å². The molecule has 1 fully saturated rings. The average Bonchev–Trinajstić information content (AvgIpc) is 2.68. The molecule has 1 aromatic carbocycles. The Morgan fingerprint density at radius 3 is 2.94 bits per heavy atom. The molecule has 0 N–H and O–H groups in total. The van der Waals surface area contributed by atoms with E-state index < -0.39 is 0 Å². The summed E-state index contributed by atoms with van der Waals surface area (Å²) in [6.07, 6.45) is 7.45. The normalized spacial score (nSPS) is 27.4. The molecular weight excluding hydrogens is 224 g/mol. The lowest BCUT2D eigenvalue weighted by Crippen LogP contribution is -2.23. The van der Waals surface area contributed by atoms with E-state index in [0.29, 0.717) is 5.78 Å². The number of benzene rings is 1. The zero-order valence-electron chi connectivity index (χ0n) is 10.7. The van der Waals surface area contributed by atoms with Gasteiger partial charge in [0.05, 0.1) is 0 Å². The zero-order chi connectivity index (χ0) is 12.4. The second-order valence-electron chi connectivity index (χ2n) is 5.55. The van der Waals surface area contributed by atoms with E-state index >= 15 is 0 Å². The summed E-state index contributed by atoms with van der Waals surface area (Å²) in [5.41, 5.74) is 1.29. The maximum atomic E-state index is 12.0. The minimum atomic E-state index is 0.217. The molecule has 0 aromatic heterocycles. The number of hydrogen-bond donors (Lipinski definition) is 0. The summed E-state index contributed by atoms with van der Waals surface area (Å²) in [6, 6.07) is 8.23. The summed E-state index contributed by atoms with van der Waals surface area (Å²) < 4.78 is 5.95. The van der Waals surface area contributed by atoms with Crippen molar-refractivity contribution in [3.05, 3.63) is 29.8 Å². The van der Waals surface area contributed by atoms with Gasteiger partial charge in [-0.25, -0.2) is 0 Å². The first-order valence-electron chi connectivity index (χ1n) is 7.10. The van der Waals surface area contributed by atoms with Crippen LogP contribution < -0.4 is 4.74 Å². The van der Waals surface area contributed by atoms with Crippen LogP contribution >= 0.6 is 0 Å². The predicted octanol–water partition coefficient (Wildman–Crippen LogP) is 3.53. The quantitative estimate of drug-likeness (QED) is 0.744. The van der Waals surface area contributed by atoms with Gasteiger partial charge in [0, 0.05) is 18.8 Å². The number of carbonyl (C=O) groups is 1. The van der Waals surface area contributed by atoms with E-state index in [-0.39, 0.29) is 12.0 Å². The molecule has 3 rings (SSSR count). The van der Waals surface area contributed by atoms with Gasteiger partial charge in [0.1, 0.15) is 17.6 Å². The SMILES string of the molecule is O=C1CCCCCC1CC1Cc2ccccc2O1. The number of carbonyl (C=O) groups excluding carboxylic acids is 1. The van der Waals surface area contributed by atoms with Gasteiger partial charge in [0.2, 0.25) is 0 Å². The van der Waals surface area contributed by atoms with Crippen molar-refractivity contribution in [1.82, 2.24) is 0 Å². The minimum Gasteiger partial charge on any atom is -0.490 e. The number of ketones is 1. The van der Waals surface area contributed by atoms with Crippen molar-refractivity contribution in [2.75, 3.05) is 0 Å². The van der Waals surface area contributed by atoms with Crippen LogP contribution in [0.5, 0.6) is 5.75 Å². The molecule has 0 spiro atoms. The highest BCUT2D eigenvalue weighted by molar-refractivity contribution is 5.81. The minimum absolute atomic E-state index is 0.217. The summed E-state index contributed by atoms with van der Waals surface area (Å²) in [4.78, 5) is 12.0. The summed E-state index contributed by atoms with van der Waals surface area (Å²) in [7, 11) is 0. The van der Waals surface area contributed by atoms with E-state index in [1.54, 1.807) is 0 Å². The van der Waals surface area contributed by atoms with Crippen LogP contribution in [0.15, 0.2) is 24.3 Å². The highest BCUT2D eigenvalue weighted by atomic mass is 16.5. The fourth-order valence-corrected chi connectivity index (χ4v) is 3.18. The lowest BCUT2D eigenvalue weighted by atomic mass is 9.91. The molecule has 1 heterocycles. The van der Waals surface area contributed by atoms with Gasteiger partial charge in [-0.15, -0.1) is 0 Å². The lowest BCUT2D eigenvalue weighted by Gasteiger charge is -2.17. The number of Topliss-reactive ketones (excluding diaryl/α,β-unsaturated/α-hetero) is 1. The van der Waals surface area contributed by atoms with Crippen molar-refractivity contribution in [3.63, 3.8) is 0 Å². The van der Waals surface area contributed by atoms with Crippen LogP contribution in [0.3, 0.4) is 0 Å². The number of hydrogen-bond acceptors (Lipinski definition) is 2. The van der Waals surface area contributed by atoms with Crippen molar-refractivity contribution < 1.29 is 9.53 Å². The van der Waals surface area contributed by atoms with Crippen molar-refractivity contribution in [1.29, 1.82) is 0 Å². The zero-order valence-corrected chi connectivity index (χ0v) is 10.7. The van der Waals surface area contributed by atoms with E-state index in [1.165, 1.54) is 18.4 Å².